The predicted molar refractivity (Wildman–Crippen MR) is 118 cm³/mol. The third kappa shape index (κ3) is 4.54. The van der Waals surface area contributed by atoms with Crippen molar-refractivity contribution >= 4 is 27.9 Å². The number of amides is 3. The molecule has 2 aromatic carbocycles. The Morgan fingerprint density at radius 3 is 2.17 bits per heavy atom. The van der Waals surface area contributed by atoms with Crippen molar-refractivity contribution in [1.29, 1.82) is 0 Å². The average molecular weight is 458 g/mol. The Labute approximate surface area is 181 Å². The molecule has 2 aromatic rings. The molecule has 1 aliphatic rings. The summed E-state index contributed by atoms with van der Waals surface area (Å²) in [5, 5.41) is 2.89. The molecular formula is C23H28BrN3O2. The van der Waals surface area contributed by atoms with Gasteiger partial charge in [0.05, 0.1) is 6.67 Å². The van der Waals surface area contributed by atoms with Crippen LogP contribution in [0.3, 0.4) is 0 Å². The van der Waals surface area contributed by atoms with Gasteiger partial charge in [-0.2, -0.15) is 0 Å². The summed E-state index contributed by atoms with van der Waals surface area (Å²) in [6.07, 6.45) is 0. The second kappa shape index (κ2) is 7.92. The van der Waals surface area contributed by atoms with Gasteiger partial charge >= 0.3 is 6.03 Å². The van der Waals surface area contributed by atoms with Gasteiger partial charge in [-0.1, -0.05) is 73.1 Å². The molecule has 0 radical (unpaired) electrons. The lowest BCUT2D eigenvalue weighted by atomic mass is 9.84. The standard InChI is InChI=1S/C23H28BrN3O2/c1-22(2,3)17-8-10-18(11-9-17)23(4)20(28)27(21(29)25-23)15-26(5)14-16-6-12-19(24)13-7-16/h6-13H,14-15H2,1-5H3,(H,25,29). The Morgan fingerprint density at radius 2 is 1.62 bits per heavy atom. The van der Waals surface area contributed by atoms with E-state index >= 15 is 0 Å². The average Bonchev–Trinajstić information content (AvgIpc) is 2.87. The Morgan fingerprint density at radius 1 is 1.03 bits per heavy atom. The van der Waals surface area contributed by atoms with Crippen LogP contribution in [-0.4, -0.2) is 35.5 Å². The van der Waals surface area contributed by atoms with E-state index in [4.69, 9.17) is 0 Å². The van der Waals surface area contributed by atoms with Crippen molar-refractivity contribution in [3.8, 4) is 0 Å². The fourth-order valence-electron chi connectivity index (χ4n) is 3.52. The van der Waals surface area contributed by atoms with Crippen molar-refractivity contribution < 1.29 is 9.59 Å². The number of nitrogens with zero attached hydrogens (tertiary/aromatic N) is 2. The molecule has 0 spiro atoms. The van der Waals surface area contributed by atoms with E-state index in [-0.39, 0.29) is 24.0 Å². The van der Waals surface area contributed by atoms with Gasteiger partial charge in [0.25, 0.3) is 5.91 Å². The minimum absolute atomic E-state index is 0.0319. The number of rotatable bonds is 5. The topological polar surface area (TPSA) is 52.6 Å². The fourth-order valence-corrected chi connectivity index (χ4v) is 3.78. The van der Waals surface area contributed by atoms with Crippen LogP contribution < -0.4 is 5.32 Å². The molecule has 6 heteroatoms. The third-order valence-electron chi connectivity index (χ3n) is 5.35. The summed E-state index contributed by atoms with van der Waals surface area (Å²) in [7, 11) is 1.90. The van der Waals surface area contributed by atoms with Gasteiger partial charge in [-0.05, 0) is 48.2 Å². The number of nitrogens with one attached hydrogen (secondary N) is 1. The Hall–Kier alpha value is -2.18. The van der Waals surface area contributed by atoms with E-state index in [0.29, 0.717) is 6.54 Å². The molecule has 0 aliphatic carbocycles. The molecule has 3 amide bonds. The Kier molecular flexibility index (Phi) is 5.88. The SMILES string of the molecule is CN(Cc1ccc(Br)cc1)CN1C(=O)NC(C)(c2ccc(C(C)(C)C)cc2)C1=O. The van der Waals surface area contributed by atoms with Crippen LogP contribution in [0, 0.1) is 0 Å². The summed E-state index contributed by atoms with van der Waals surface area (Å²) in [5.74, 6) is -0.228. The number of halogens is 1. The third-order valence-corrected chi connectivity index (χ3v) is 5.88. The van der Waals surface area contributed by atoms with Crippen LogP contribution in [0.5, 0.6) is 0 Å². The van der Waals surface area contributed by atoms with Crippen LogP contribution in [0.15, 0.2) is 53.0 Å². The highest BCUT2D eigenvalue weighted by atomic mass is 79.9. The van der Waals surface area contributed by atoms with Crippen LogP contribution in [0.25, 0.3) is 0 Å². The Bertz CT molecular complexity index is 903. The number of benzene rings is 2. The van der Waals surface area contributed by atoms with Crippen molar-refractivity contribution in [2.24, 2.45) is 0 Å². The van der Waals surface area contributed by atoms with Gasteiger partial charge in [-0.25, -0.2) is 9.69 Å². The summed E-state index contributed by atoms with van der Waals surface area (Å²) in [4.78, 5) is 29.0. The van der Waals surface area contributed by atoms with Gasteiger partial charge in [-0.3, -0.25) is 9.69 Å². The molecule has 1 unspecified atom stereocenters. The first-order valence-corrected chi connectivity index (χ1v) is 10.5. The lowest BCUT2D eigenvalue weighted by molar-refractivity contribution is -0.132. The number of hydrogen-bond acceptors (Lipinski definition) is 3. The van der Waals surface area contributed by atoms with Gasteiger partial charge in [0.2, 0.25) is 0 Å². The predicted octanol–water partition coefficient (Wildman–Crippen LogP) is 4.60. The largest absolute Gasteiger partial charge is 0.326 e. The van der Waals surface area contributed by atoms with Gasteiger partial charge in [0.15, 0.2) is 0 Å². The van der Waals surface area contributed by atoms with Crippen LogP contribution in [0.1, 0.15) is 44.4 Å². The minimum atomic E-state index is -1.05. The van der Waals surface area contributed by atoms with Crippen LogP contribution in [-0.2, 0) is 22.3 Å². The summed E-state index contributed by atoms with van der Waals surface area (Å²) in [6, 6.07) is 15.6. The maximum absolute atomic E-state index is 13.2. The molecule has 1 saturated heterocycles. The highest BCUT2D eigenvalue weighted by Gasteiger charge is 2.49. The van der Waals surface area contributed by atoms with Crippen molar-refractivity contribution in [1.82, 2.24) is 15.1 Å². The summed E-state index contributed by atoms with van der Waals surface area (Å²) in [6.45, 7) is 9.09. The zero-order valence-electron chi connectivity index (χ0n) is 17.6. The van der Waals surface area contributed by atoms with E-state index in [1.165, 1.54) is 10.5 Å². The summed E-state index contributed by atoms with van der Waals surface area (Å²) < 4.78 is 1.02. The van der Waals surface area contributed by atoms with E-state index in [0.717, 1.165) is 15.6 Å². The van der Waals surface area contributed by atoms with Crippen molar-refractivity contribution in [2.45, 2.75) is 45.2 Å². The zero-order valence-corrected chi connectivity index (χ0v) is 19.2. The van der Waals surface area contributed by atoms with Gasteiger partial charge in [-0.15, -0.1) is 0 Å². The second-order valence-electron chi connectivity index (χ2n) is 8.90. The molecule has 1 fully saturated rings. The molecule has 3 rings (SSSR count). The van der Waals surface area contributed by atoms with E-state index < -0.39 is 5.54 Å². The minimum Gasteiger partial charge on any atom is -0.319 e. The van der Waals surface area contributed by atoms with E-state index in [9.17, 15) is 9.59 Å². The molecule has 1 N–H and O–H groups in total. The highest BCUT2D eigenvalue weighted by Crippen LogP contribution is 2.31. The number of urea groups is 1. The summed E-state index contributed by atoms with van der Waals surface area (Å²) >= 11 is 3.43. The van der Waals surface area contributed by atoms with E-state index in [1.54, 1.807) is 6.92 Å². The first-order chi connectivity index (χ1) is 13.5. The van der Waals surface area contributed by atoms with Crippen LogP contribution in [0.2, 0.25) is 0 Å². The first kappa shape index (κ1) is 21.5. The van der Waals surface area contributed by atoms with Crippen LogP contribution in [0.4, 0.5) is 4.79 Å². The molecule has 5 nitrogen and oxygen atoms in total. The van der Waals surface area contributed by atoms with Crippen molar-refractivity contribution in [3.63, 3.8) is 0 Å². The molecule has 0 saturated carbocycles. The molecule has 0 aromatic heterocycles. The number of carbonyl (C=O) groups excluding carboxylic acids is 2. The highest BCUT2D eigenvalue weighted by molar-refractivity contribution is 9.10. The molecule has 1 atom stereocenters. The van der Waals surface area contributed by atoms with Gasteiger partial charge in [0, 0.05) is 11.0 Å². The molecule has 154 valence electrons. The lowest BCUT2D eigenvalue weighted by Gasteiger charge is -2.26. The lowest BCUT2D eigenvalue weighted by Crippen LogP contribution is -2.42. The molecule has 1 heterocycles. The van der Waals surface area contributed by atoms with Crippen molar-refractivity contribution in [3.05, 3.63) is 69.7 Å². The number of hydrogen-bond donors (Lipinski definition) is 1. The smallest absolute Gasteiger partial charge is 0.319 e. The Balaban J connectivity index is 1.73. The number of carbonyl (C=O) groups is 2. The monoisotopic (exact) mass is 457 g/mol. The molecule has 1 aliphatic heterocycles. The maximum Gasteiger partial charge on any atom is 0.326 e. The number of imide groups is 1. The first-order valence-electron chi connectivity index (χ1n) is 9.69. The van der Waals surface area contributed by atoms with Gasteiger partial charge in [0.1, 0.15) is 5.54 Å². The maximum atomic E-state index is 13.2. The fraction of sp³-hybridized carbons (Fsp3) is 0.391. The summed E-state index contributed by atoms with van der Waals surface area (Å²) in [5.41, 5.74) is 2.08. The zero-order chi connectivity index (χ0) is 21.4. The molecular weight excluding hydrogens is 430 g/mol. The second-order valence-corrected chi connectivity index (χ2v) is 9.81. The quantitative estimate of drug-likeness (QED) is 0.667. The van der Waals surface area contributed by atoms with Gasteiger partial charge < -0.3 is 5.32 Å². The van der Waals surface area contributed by atoms with Crippen LogP contribution >= 0.6 is 15.9 Å². The molecule has 0 bridgehead atoms. The normalized spacial score (nSPS) is 19.8. The van der Waals surface area contributed by atoms with E-state index in [2.05, 4.69) is 42.0 Å². The van der Waals surface area contributed by atoms with Crippen molar-refractivity contribution in [2.75, 3.05) is 13.7 Å². The molecule has 29 heavy (non-hydrogen) atoms. The van der Waals surface area contributed by atoms with E-state index in [1.807, 2.05) is 60.5 Å².